The van der Waals surface area contributed by atoms with E-state index in [2.05, 4.69) is 4.74 Å². The van der Waals surface area contributed by atoms with Gasteiger partial charge in [0.2, 0.25) is 0 Å². The third-order valence-electron chi connectivity index (χ3n) is 4.52. The maximum absolute atomic E-state index is 11.5. The minimum Gasteiger partial charge on any atom is -0.507 e. The number of aromatic hydroxyl groups is 1. The van der Waals surface area contributed by atoms with Gasteiger partial charge in [0.05, 0.1) is 24.9 Å². The molecular weight excluding hydrogens is 311 g/mol. The zero-order valence-corrected chi connectivity index (χ0v) is 14.6. The van der Waals surface area contributed by atoms with E-state index in [0.29, 0.717) is 11.0 Å². The second kappa shape index (κ2) is 6.59. The lowest BCUT2D eigenvalue weighted by molar-refractivity contribution is 0.00578. The number of rotatable bonds is 4. The van der Waals surface area contributed by atoms with Crippen molar-refractivity contribution in [1.29, 1.82) is 0 Å². The molecule has 0 amide bonds. The maximum atomic E-state index is 11.5. The molecule has 7 heteroatoms. The molecule has 0 unspecified atom stereocenters. The number of phenolic OH excluding ortho intramolecular Hbond substituents is 1. The van der Waals surface area contributed by atoms with Crippen LogP contribution in [0.15, 0.2) is 23.7 Å². The summed E-state index contributed by atoms with van der Waals surface area (Å²) in [6.45, 7) is 7.46. The zero-order chi connectivity index (χ0) is 18.1. The molecule has 1 aromatic carbocycles. The Morgan fingerprint density at radius 3 is 2.29 bits per heavy atom. The topological polar surface area (TPSA) is 85.2 Å². The predicted octanol–water partition coefficient (Wildman–Crippen LogP) is 2.19. The lowest BCUT2D eigenvalue weighted by Crippen LogP contribution is -2.41. The van der Waals surface area contributed by atoms with Crippen LogP contribution >= 0.6 is 0 Å². The van der Waals surface area contributed by atoms with Crippen LogP contribution in [0.5, 0.6) is 5.75 Å². The summed E-state index contributed by atoms with van der Waals surface area (Å²) in [5.41, 5.74) is 0.194. The molecule has 0 aliphatic carbocycles. The summed E-state index contributed by atoms with van der Waals surface area (Å²) in [6, 6.07) is 4.53. The molecule has 1 aliphatic rings. The maximum Gasteiger partial charge on any atom is 0.492 e. The molecule has 1 saturated heterocycles. The number of aliphatic hydroxyl groups is 1. The average Bonchev–Trinajstić information content (AvgIpc) is 2.72. The van der Waals surface area contributed by atoms with Crippen LogP contribution < -0.4 is 0 Å². The highest BCUT2D eigenvalue weighted by atomic mass is 16.7. The number of hydrogen-bond donors (Lipinski definition) is 2. The van der Waals surface area contributed by atoms with Crippen LogP contribution in [-0.2, 0) is 14.0 Å². The van der Waals surface area contributed by atoms with Gasteiger partial charge in [-0.05, 0) is 50.9 Å². The van der Waals surface area contributed by atoms with Gasteiger partial charge >= 0.3 is 13.1 Å². The Labute approximate surface area is 142 Å². The van der Waals surface area contributed by atoms with Crippen LogP contribution in [-0.4, -0.2) is 48.2 Å². The minimum absolute atomic E-state index is 0.0795. The molecule has 0 saturated carbocycles. The summed E-state index contributed by atoms with van der Waals surface area (Å²) in [5, 5.41) is 19.6. The minimum atomic E-state index is -0.678. The van der Waals surface area contributed by atoms with Crippen molar-refractivity contribution in [1.82, 2.24) is 0 Å². The van der Waals surface area contributed by atoms with E-state index in [-0.39, 0.29) is 17.9 Å². The van der Waals surface area contributed by atoms with E-state index in [9.17, 15) is 15.0 Å². The van der Waals surface area contributed by atoms with Crippen LogP contribution in [0, 0.1) is 0 Å². The first kappa shape index (κ1) is 18.5. The number of carbonyl (C=O) groups is 1. The lowest BCUT2D eigenvalue weighted by Gasteiger charge is -2.32. The van der Waals surface area contributed by atoms with Gasteiger partial charge in [0.25, 0.3) is 0 Å². The number of carbonyl (C=O) groups excluding carboxylic acids is 1. The molecule has 1 fully saturated rings. The second-order valence-corrected chi connectivity index (χ2v) is 6.73. The Balaban J connectivity index is 2.29. The first-order valence-electron chi connectivity index (χ1n) is 7.69. The number of ether oxygens (including phenoxy) is 1. The molecule has 0 atom stereocenters. The van der Waals surface area contributed by atoms with Crippen molar-refractivity contribution in [2.24, 2.45) is 0 Å². The molecule has 2 N–H and O–H groups in total. The van der Waals surface area contributed by atoms with Crippen molar-refractivity contribution in [3.8, 4) is 5.75 Å². The number of methoxy groups -OCH3 is 1. The predicted molar refractivity (Wildman–Crippen MR) is 90.6 cm³/mol. The highest BCUT2D eigenvalue weighted by Crippen LogP contribution is 2.38. The highest BCUT2D eigenvalue weighted by Gasteiger charge is 2.52. The van der Waals surface area contributed by atoms with E-state index in [0.717, 1.165) is 0 Å². The van der Waals surface area contributed by atoms with Gasteiger partial charge in [0, 0.05) is 0 Å². The summed E-state index contributed by atoms with van der Waals surface area (Å²) in [4.78, 5) is 11.5. The standard InChI is InChI=1S/C17H23BO6/c1-16(2)17(3,4)24-18(23-16)12(10-19)8-11-6-7-13(14(20)9-11)15(21)22-5/h6-9,19-20H,10H2,1-5H3. The first-order chi connectivity index (χ1) is 11.1. The van der Waals surface area contributed by atoms with Crippen molar-refractivity contribution >= 4 is 19.2 Å². The fourth-order valence-electron chi connectivity index (χ4n) is 2.32. The summed E-state index contributed by atoms with van der Waals surface area (Å²) >= 11 is 0. The molecule has 0 radical (unpaired) electrons. The molecule has 130 valence electrons. The molecule has 6 nitrogen and oxygen atoms in total. The number of benzene rings is 1. The fraction of sp³-hybridized carbons (Fsp3) is 0.471. The van der Waals surface area contributed by atoms with Gasteiger partial charge in [-0.2, -0.15) is 0 Å². The average molecular weight is 334 g/mol. The van der Waals surface area contributed by atoms with Gasteiger partial charge in [-0.3, -0.25) is 0 Å². The molecule has 2 rings (SSSR count). The van der Waals surface area contributed by atoms with Gasteiger partial charge in [-0.15, -0.1) is 0 Å². The SMILES string of the molecule is COC(=O)c1ccc(C=C(CO)B2OC(C)(C)C(C)(C)O2)cc1O. The smallest absolute Gasteiger partial charge is 0.492 e. The van der Waals surface area contributed by atoms with Crippen molar-refractivity contribution in [3.63, 3.8) is 0 Å². The molecule has 0 spiro atoms. The Bertz CT molecular complexity index is 649. The molecular formula is C17H23BO6. The number of aliphatic hydroxyl groups excluding tert-OH is 1. The quantitative estimate of drug-likeness (QED) is 0.648. The van der Waals surface area contributed by atoms with Crippen LogP contribution in [0.4, 0.5) is 0 Å². The van der Waals surface area contributed by atoms with Gasteiger partial charge in [0.1, 0.15) is 11.3 Å². The van der Waals surface area contributed by atoms with E-state index < -0.39 is 24.3 Å². The summed E-state index contributed by atoms with van der Waals surface area (Å²) < 4.78 is 16.4. The van der Waals surface area contributed by atoms with E-state index in [1.807, 2.05) is 27.7 Å². The zero-order valence-electron chi connectivity index (χ0n) is 14.6. The Kier molecular flexibility index (Phi) is 5.08. The van der Waals surface area contributed by atoms with Gasteiger partial charge in [-0.1, -0.05) is 12.1 Å². The monoisotopic (exact) mass is 334 g/mol. The van der Waals surface area contributed by atoms with Gasteiger partial charge in [0.15, 0.2) is 0 Å². The van der Waals surface area contributed by atoms with E-state index in [1.165, 1.54) is 19.2 Å². The summed E-state index contributed by atoms with van der Waals surface area (Å²) in [5.74, 6) is -0.807. The molecule has 0 bridgehead atoms. The van der Waals surface area contributed by atoms with Crippen LogP contribution in [0.25, 0.3) is 6.08 Å². The Morgan fingerprint density at radius 2 is 1.83 bits per heavy atom. The van der Waals surface area contributed by atoms with E-state index in [4.69, 9.17) is 9.31 Å². The third-order valence-corrected chi connectivity index (χ3v) is 4.52. The molecule has 0 aromatic heterocycles. The van der Waals surface area contributed by atoms with E-state index >= 15 is 0 Å². The summed E-state index contributed by atoms with van der Waals surface area (Å²) in [6.07, 6.45) is 1.67. The van der Waals surface area contributed by atoms with Crippen LogP contribution in [0.2, 0.25) is 0 Å². The van der Waals surface area contributed by atoms with Crippen molar-refractivity contribution in [2.45, 2.75) is 38.9 Å². The third kappa shape index (κ3) is 3.48. The molecule has 24 heavy (non-hydrogen) atoms. The second-order valence-electron chi connectivity index (χ2n) is 6.73. The highest BCUT2D eigenvalue weighted by molar-refractivity contribution is 6.55. The largest absolute Gasteiger partial charge is 0.507 e. The summed E-state index contributed by atoms with van der Waals surface area (Å²) in [7, 11) is 0.569. The number of hydrogen-bond acceptors (Lipinski definition) is 6. The van der Waals surface area contributed by atoms with Crippen LogP contribution in [0.1, 0.15) is 43.6 Å². The fourth-order valence-corrected chi connectivity index (χ4v) is 2.32. The van der Waals surface area contributed by atoms with Gasteiger partial charge in [-0.25, -0.2) is 4.79 Å². The molecule has 1 heterocycles. The number of phenols is 1. The number of esters is 1. The van der Waals surface area contributed by atoms with Gasteiger partial charge < -0.3 is 24.3 Å². The molecule has 1 aliphatic heterocycles. The normalized spacial score (nSPS) is 19.4. The molecule has 1 aromatic rings. The van der Waals surface area contributed by atoms with E-state index in [1.54, 1.807) is 12.1 Å². The van der Waals surface area contributed by atoms with Crippen molar-refractivity contribution in [3.05, 3.63) is 34.8 Å². The lowest BCUT2D eigenvalue weighted by atomic mass is 9.77. The Hall–Kier alpha value is -1.83. The Morgan fingerprint density at radius 1 is 1.25 bits per heavy atom. The van der Waals surface area contributed by atoms with Crippen molar-refractivity contribution < 1.29 is 29.1 Å². The van der Waals surface area contributed by atoms with Crippen LogP contribution in [0.3, 0.4) is 0 Å². The van der Waals surface area contributed by atoms with Crippen molar-refractivity contribution in [2.75, 3.05) is 13.7 Å². The first-order valence-corrected chi connectivity index (χ1v) is 7.69.